The van der Waals surface area contributed by atoms with E-state index in [9.17, 15) is 32.3 Å². The normalized spacial score (nSPS) is 13.4. The van der Waals surface area contributed by atoms with Gasteiger partial charge in [0.1, 0.15) is 18.0 Å². The van der Waals surface area contributed by atoms with Crippen molar-refractivity contribution in [3.8, 4) is 22.5 Å². The molecule has 3 heterocycles. The predicted octanol–water partition coefficient (Wildman–Crippen LogP) is 3.65. The number of aliphatic hydroxyl groups is 1. The number of aliphatic hydroxyl groups excluding tert-OH is 1. The highest BCUT2D eigenvalue weighted by Gasteiger charge is 2.40. The number of hydrogen-bond acceptors (Lipinski definition) is 5. The molecule has 0 bridgehead atoms. The fraction of sp³-hybridized carbons (Fsp3) is 0.167. The van der Waals surface area contributed by atoms with E-state index in [-0.39, 0.29) is 22.5 Å². The Labute approximate surface area is 200 Å². The Morgan fingerprint density at radius 3 is 2.50 bits per heavy atom. The van der Waals surface area contributed by atoms with Crippen molar-refractivity contribution in [1.82, 2.24) is 19.7 Å². The number of carbonyl (C=O) groups is 1. The van der Waals surface area contributed by atoms with E-state index < -0.39 is 42.2 Å². The minimum Gasteiger partial charge on any atom is -0.392 e. The molecule has 184 valence electrons. The van der Waals surface area contributed by atoms with Gasteiger partial charge < -0.3 is 14.7 Å². The first-order valence-corrected chi connectivity index (χ1v) is 10.6. The minimum atomic E-state index is -4.75. The lowest BCUT2D eigenvalue weighted by Crippen LogP contribution is -2.26. The van der Waals surface area contributed by atoms with Gasteiger partial charge in [-0.15, -0.1) is 10.2 Å². The second kappa shape index (κ2) is 8.41. The van der Waals surface area contributed by atoms with E-state index in [2.05, 4.69) is 15.2 Å². The van der Waals surface area contributed by atoms with Gasteiger partial charge in [-0.1, -0.05) is 6.07 Å². The summed E-state index contributed by atoms with van der Waals surface area (Å²) in [4.78, 5) is 29.2. The summed E-state index contributed by atoms with van der Waals surface area (Å²) in [6, 6.07) is 8.53. The van der Waals surface area contributed by atoms with Crippen LogP contribution in [0, 0.1) is 5.82 Å². The van der Waals surface area contributed by atoms with Crippen molar-refractivity contribution in [2.45, 2.75) is 19.3 Å². The Morgan fingerprint density at radius 2 is 1.83 bits per heavy atom. The summed E-state index contributed by atoms with van der Waals surface area (Å²) in [6.07, 6.45) is -3.33. The van der Waals surface area contributed by atoms with Gasteiger partial charge in [0, 0.05) is 24.2 Å². The quantitative estimate of drug-likeness (QED) is 0.418. The Bertz CT molecular complexity index is 1570. The largest absolute Gasteiger partial charge is 0.416 e. The van der Waals surface area contributed by atoms with Crippen LogP contribution in [0.15, 0.2) is 53.6 Å². The highest BCUT2D eigenvalue weighted by atomic mass is 19.4. The first kappa shape index (κ1) is 23.4. The molecule has 0 unspecified atom stereocenters. The molecule has 0 spiro atoms. The standard InChI is InChI=1S/C24H17F4N5O3/c1-32-11-29-31-22(32)16-8-14(25)2-3-15(16)13-6-20(30-21(35)7-13)33-9-18-17(23(33)36)4-12(10-34)5-19(18)24(26,27)28/h2-8,11,34H,9-10H2,1H3,(H,30,35). The molecule has 0 saturated heterocycles. The third-order valence-corrected chi connectivity index (χ3v) is 5.96. The first-order chi connectivity index (χ1) is 17.1. The van der Waals surface area contributed by atoms with Gasteiger partial charge >= 0.3 is 6.18 Å². The van der Waals surface area contributed by atoms with Crippen molar-refractivity contribution in [3.05, 3.63) is 87.2 Å². The van der Waals surface area contributed by atoms with E-state index in [1.807, 2.05) is 0 Å². The van der Waals surface area contributed by atoms with Crippen LogP contribution < -0.4 is 10.5 Å². The van der Waals surface area contributed by atoms with Crippen molar-refractivity contribution in [2.75, 3.05) is 4.90 Å². The topological polar surface area (TPSA) is 104 Å². The average molecular weight is 499 g/mol. The number of aromatic nitrogens is 4. The Balaban J connectivity index is 1.63. The number of pyridine rings is 1. The van der Waals surface area contributed by atoms with Gasteiger partial charge in [-0.3, -0.25) is 14.5 Å². The molecule has 2 aromatic carbocycles. The highest BCUT2D eigenvalue weighted by Crippen LogP contribution is 2.40. The molecule has 0 atom stereocenters. The number of halogens is 4. The lowest BCUT2D eigenvalue weighted by Gasteiger charge is -2.17. The molecule has 1 aliphatic rings. The van der Waals surface area contributed by atoms with Gasteiger partial charge in [-0.25, -0.2) is 4.39 Å². The van der Waals surface area contributed by atoms with Crippen LogP contribution in [0.3, 0.4) is 0 Å². The molecular formula is C24H17F4N5O3. The van der Waals surface area contributed by atoms with Crippen LogP contribution in [-0.4, -0.2) is 30.8 Å². The molecule has 1 amide bonds. The van der Waals surface area contributed by atoms with Crippen molar-refractivity contribution >= 4 is 11.7 Å². The zero-order valence-corrected chi connectivity index (χ0v) is 18.6. The zero-order valence-electron chi connectivity index (χ0n) is 18.6. The third-order valence-electron chi connectivity index (χ3n) is 5.96. The van der Waals surface area contributed by atoms with Crippen LogP contribution in [0.5, 0.6) is 0 Å². The maximum Gasteiger partial charge on any atom is 0.416 e. The molecule has 8 nitrogen and oxygen atoms in total. The molecule has 0 fully saturated rings. The molecule has 5 rings (SSSR count). The zero-order chi connectivity index (χ0) is 25.8. The fourth-order valence-electron chi connectivity index (χ4n) is 4.32. The first-order valence-electron chi connectivity index (χ1n) is 10.6. The Morgan fingerprint density at radius 1 is 1.06 bits per heavy atom. The van der Waals surface area contributed by atoms with E-state index >= 15 is 0 Å². The number of anilines is 1. The van der Waals surface area contributed by atoms with Gasteiger partial charge in [0.2, 0.25) is 5.56 Å². The predicted molar refractivity (Wildman–Crippen MR) is 120 cm³/mol. The lowest BCUT2D eigenvalue weighted by molar-refractivity contribution is -0.138. The smallest absolute Gasteiger partial charge is 0.392 e. The van der Waals surface area contributed by atoms with Crippen LogP contribution in [0.4, 0.5) is 23.4 Å². The van der Waals surface area contributed by atoms with Crippen LogP contribution >= 0.6 is 0 Å². The molecule has 0 saturated carbocycles. The van der Waals surface area contributed by atoms with Gasteiger partial charge in [0.25, 0.3) is 5.91 Å². The van der Waals surface area contributed by atoms with Crippen molar-refractivity contribution < 1.29 is 27.5 Å². The summed E-state index contributed by atoms with van der Waals surface area (Å²) in [7, 11) is 1.66. The van der Waals surface area contributed by atoms with E-state index in [1.54, 1.807) is 11.6 Å². The van der Waals surface area contributed by atoms with Crippen molar-refractivity contribution in [2.24, 2.45) is 7.05 Å². The molecule has 0 aliphatic carbocycles. The Hall–Kier alpha value is -4.32. The van der Waals surface area contributed by atoms with Crippen LogP contribution in [0.2, 0.25) is 0 Å². The van der Waals surface area contributed by atoms with Crippen LogP contribution in [0.1, 0.15) is 27.0 Å². The summed E-state index contributed by atoms with van der Waals surface area (Å²) >= 11 is 0. The molecule has 2 N–H and O–H groups in total. The lowest BCUT2D eigenvalue weighted by atomic mass is 9.99. The number of aromatic amines is 1. The number of H-pyrrole nitrogens is 1. The second-order valence-corrected chi connectivity index (χ2v) is 8.29. The molecular weight excluding hydrogens is 482 g/mol. The maximum absolute atomic E-state index is 14.1. The van der Waals surface area contributed by atoms with Gasteiger partial charge in [-0.05, 0) is 52.6 Å². The monoisotopic (exact) mass is 499 g/mol. The number of aryl methyl sites for hydroxylation is 1. The summed E-state index contributed by atoms with van der Waals surface area (Å²) in [5.74, 6) is -1.02. The molecule has 36 heavy (non-hydrogen) atoms. The number of amides is 1. The third kappa shape index (κ3) is 3.94. The van der Waals surface area contributed by atoms with Crippen molar-refractivity contribution in [1.29, 1.82) is 0 Å². The molecule has 2 aromatic heterocycles. The highest BCUT2D eigenvalue weighted by molar-refractivity contribution is 6.10. The molecule has 0 radical (unpaired) electrons. The number of nitrogens with one attached hydrogen (secondary N) is 1. The van der Waals surface area contributed by atoms with Crippen molar-refractivity contribution in [3.63, 3.8) is 0 Å². The number of carbonyl (C=O) groups excluding carboxylic acids is 1. The number of rotatable bonds is 4. The SMILES string of the molecule is Cn1cnnc1-c1cc(F)ccc1-c1cc(N2Cc3c(cc(CO)cc3C(F)(F)F)C2=O)[nH]c(=O)c1. The second-order valence-electron chi connectivity index (χ2n) is 8.29. The number of alkyl halides is 3. The average Bonchev–Trinajstić information content (AvgIpc) is 3.40. The van der Waals surface area contributed by atoms with Crippen LogP contribution in [-0.2, 0) is 26.4 Å². The number of nitrogens with zero attached hydrogens (tertiary/aromatic N) is 4. The van der Waals surface area contributed by atoms with Gasteiger partial charge in [0.15, 0.2) is 5.82 Å². The van der Waals surface area contributed by atoms with E-state index in [4.69, 9.17) is 0 Å². The summed E-state index contributed by atoms with van der Waals surface area (Å²) in [6.45, 7) is -1.11. The van der Waals surface area contributed by atoms with E-state index in [0.29, 0.717) is 22.5 Å². The molecule has 12 heteroatoms. The summed E-state index contributed by atoms with van der Waals surface area (Å²) in [5.41, 5.74) is -1.13. The summed E-state index contributed by atoms with van der Waals surface area (Å²) in [5, 5.41) is 17.2. The Kier molecular flexibility index (Phi) is 5.47. The number of hydrogen-bond donors (Lipinski definition) is 2. The van der Waals surface area contributed by atoms with Gasteiger partial charge in [-0.2, -0.15) is 13.2 Å². The van der Waals surface area contributed by atoms with Crippen LogP contribution in [0.25, 0.3) is 22.5 Å². The minimum absolute atomic E-state index is 0.0365. The van der Waals surface area contributed by atoms with E-state index in [1.165, 1.54) is 42.7 Å². The number of benzene rings is 2. The van der Waals surface area contributed by atoms with Gasteiger partial charge in [0.05, 0.1) is 18.7 Å². The maximum atomic E-state index is 14.1. The van der Waals surface area contributed by atoms with E-state index in [0.717, 1.165) is 11.0 Å². The molecule has 4 aromatic rings. The summed E-state index contributed by atoms with van der Waals surface area (Å²) < 4.78 is 56.8. The number of fused-ring (bicyclic) bond motifs is 1. The molecule has 1 aliphatic heterocycles. The fourth-order valence-corrected chi connectivity index (χ4v) is 4.32.